The number of hydroxylamine groups is 2. The zero-order valence-electron chi connectivity index (χ0n) is 8.20. The first-order chi connectivity index (χ1) is 7.17. The van der Waals surface area contributed by atoms with Crippen molar-refractivity contribution in [2.24, 2.45) is 0 Å². The number of rotatable bonds is 0. The predicted octanol–water partition coefficient (Wildman–Crippen LogP) is 1.80. The van der Waals surface area contributed by atoms with E-state index in [1.165, 1.54) is 0 Å². The Balaban J connectivity index is 2.27. The molecule has 0 saturated heterocycles. The SMILES string of the molecule is N=C1c2c(O)cccc2C2(CCC2)N1O. The Morgan fingerprint density at radius 1 is 1.33 bits per heavy atom. The summed E-state index contributed by atoms with van der Waals surface area (Å²) in [5, 5.41) is 28.4. The zero-order chi connectivity index (χ0) is 10.6. The second-order valence-corrected chi connectivity index (χ2v) is 4.25. The topological polar surface area (TPSA) is 67.5 Å². The van der Waals surface area contributed by atoms with E-state index >= 15 is 0 Å². The number of hydrogen-bond acceptors (Lipinski definition) is 3. The molecule has 1 aliphatic heterocycles. The Morgan fingerprint density at radius 2 is 2.07 bits per heavy atom. The highest BCUT2D eigenvalue weighted by Crippen LogP contribution is 2.52. The van der Waals surface area contributed by atoms with Crippen LogP contribution < -0.4 is 0 Å². The smallest absolute Gasteiger partial charge is 0.157 e. The molecule has 0 radical (unpaired) electrons. The van der Waals surface area contributed by atoms with Crippen molar-refractivity contribution in [1.82, 2.24) is 5.06 Å². The maximum Gasteiger partial charge on any atom is 0.157 e. The van der Waals surface area contributed by atoms with Crippen molar-refractivity contribution < 1.29 is 10.3 Å². The van der Waals surface area contributed by atoms with Gasteiger partial charge in [-0.2, -0.15) is 0 Å². The molecule has 0 aromatic heterocycles. The van der Waals surface area contributed by atoms with E-state index in [2.05, 4.69) is 0 Å². The average Bonchev–Trinajstić information content (AvgIpc) is 2.37. The molecule has 4 heteroatoms. The maximum absolute atomic E-state index is 9.91. The molecular formula is C11H12N2O2. The molecule has 1 fully saturated rings. The molecule has 0 atom stereocenters. The molecule has 78 valence electrons. The molecule has 0 unspecified atom stereocenters. The van der Waals surface area contributed by atoms with Gasteiger partial charge < -0.3 is 5.11 Å². The fourth-order valence-electron chi connectivity index (χ4n) is 2.60. The Hall–Kier alpha value is -1.55. The lowest BCUT2D eigenvalue weighted by Crippen LogP contribution is -2.46. The lowest BCUT2D eigenvalue weighted by molar-refractivity contribution is -0.138. The van der Waals surface area contributed by atoms with Gasteiger partial charge in [-0.25, -0.2) is 5.06 Å². The first kappa shape index (κ1) is 8.73. The van der Waals surface area contributed by atoms with Crippen molar-refractivity contribution in [2.45, 2.75) is 24.8 Å². The predicted molar refractivity (Wildman–Crippen MR) is 54.1 cm³/mol. The number of nitrogens with one attached hydrogen (secondary N) is 1. The second kappa shape index (κ2) is 2.52. The van der Waals surface area contributed by atoms with Crippen LogP contribution >= 0.6 is 0 Å². The van der Waals surface area contributed by atoms with Gasteiger partial charge in [0.1, 0.15) is 5.75 Å². The number of phenols is 1. The molecule has 1 heterocycles. The molecule has 1 aliphatic carbocycles. The molecule has 4 nitrogen and oxygen atoms in total. The fraction of sp³-hybridized carbons (Fsp3) is 0.364. The minimum absolute atomic E-state index is 0.0165. The van der Waals surface area contributed by atoms with E-state index in [9.17, 15) is 10.3 Å². The Morgan fingerprint density at radius 3 is 2.67 bits per heavy atom. The van der Waals surface area contributed by atoms with Crippen LogP contribution in [0.2, 0.25) is 0 Å². The van der Waals surface area contributed by atoms with E-state index in [-0.39, 0.29) is 11.6 Å². The van der Waals surface area contributed by atoms with Gasteiger partial charge in [-0.15, -0.1) is 0 Å². The second-order valence-electron chi connectivity index (χ2n) is 4.25. The average molecular weight is 204 g/mol. The van der Waals surface area contributed by atoms with Crippen LogP contribution in [0.25, 0.3) is 0 Å². The largest absolute Gasteiger partial charge is 0.507 e. The van der Waals surface area contributed by atoms with Gasteiger partial charge in [-0.05, 0) is 30.9 Å². The molecule has 0 amide bonds. The van der Waals surface area contributed by atoms with Crippen LogP contribution in [-0.2, 0) is 5.54 Å². The van der Waals surface area contributed by atoms with E-state index in [1.807, 2.05) is 6.07 Å². The molecule has 3 rings (SSSR count). The van der Waals surface area contributed by atoms with E-state index in [0.717, 1.165) is 29.9 Å². The summed E-state index contributed by atoms with van der Waals surface area (Å²) in [6.07, 6.45) is 2.75. The van der Waals surface area contributed by atoms with Gasteiger partial charge in [0.05, 0.1) is 11.1 Å². The third-order valence-corrected chi connectivity index (χ3v) is 3.58. The summed E-state index contributed by atoms with van der Waals surface area (Å²) in [7, 11) is 0. The molecular weight excluding hydrogens is 192 g/mol. The molecule has 1 spiro atoms. The normalized spacial score (nSPS) is 21.7. The van der Waals surface area contributed by atoms with Crippen LogP contribution in [0.4, 0.5) is 0 Å². The van der Waals surface area contributed by atoms with E-state index < -0.39 is 5.54 Å². The van der Waals surface area contributed by atoms with Gasteiger partial charge in [0.2, 0.25) is 0 Å². The van der Waals surface area contributed by atoms with Crippen LogP contribution in [0.3, 0.4) is 0 Å². The monoisotopic (exact) mass is 204 g/mol. The van der Waals surface area contributed by atoms with Gasteiger partial charge in [-0.3, -0.25) is 10.6 Å². The Kier molecular flexibility index (Phi) is 1.47. The third-order valence-electron chi connectivity index (χ3n) is 3.58. The molecule has 1 aromatic rings. The zero-order valence-corrected chi connectivity index (χ0v) is 8.20. The van der Waals surface area contributed by atoms with Crippen molar-refractivity contribution in [1.29, 1.82) is 5.41 Å². The fourth-order valence-corrected chi connectivity index (χ4v) is 2.60. The highest BCUT2D eigenvalue weighted by Gasteiger charge is 2.52. The van der Waals surface area contributed by atoms with Gasteiger partial charge in [-0.1, -0.05) is 12.1 Å². The van der Waals surface area contributed by atoms with Crippen LogP contribution in [0.5, 0.6) is 5.75 Å². The summed E-state index contributed by atoms with van der Waals surface area (Å²) in [4.78, 5) is 0. The number of benzene rings is 1. The van der Waals surface area contributed by atoms with Crippen molar-refractivity contribution in [3.63, 3.8) is 0 Å². The summed E-state index contributed by atoms with van der Waals surface area (Å²) < 4.78 is 0. The number of aromatic hydroxyl groups is 1. The van der Waals surface area contributed by atoms with Gasteiger partial charge >= 0.3 is 0 Å². The number of hydrogen-bond donors (Lipinski definition) is 3. The minimum atomic E-state index is -0.425. The molecule has 0 bridgehead atoms. The van der Waals surface area contributed by atoms with E-state index in [0.29, 0.717) is 5.56 Å². The van der Waals surface area contributed by atoms with Crippen molar-refractivity contribution in [3.8, 4) is 5.75 Å². The molecule has 3 N–H and O–H groups in total. The minimum Gasteiger partial charge on any atom is -0.507 e. The Bertz CT molecular complexity index is 452. The van der Waals surface area contributed by atoms with E-state index in [4.69, 9.17) is 5.41 Å². The quantitative estimate of drug-likeness (QED) is 0.603. The lowest BCUT2D eigenvalue weighted by Gasteiger charge is -2.43. The van der Waals surface area contributed by atoms with Crippen LogP contribution in [0.15, 0.2) is 18.2 Å². The van der Waals surface area contributed by atoms with Crippen molar-refractivity contribution in [3.05, 3.63) is 29.3 Å². The number of nitrogens with zero attached hydrogens (tertiary/aromatic N) is 1. The third kappa shape index (κ3) is 0.831. The molecule has 1 saturated carbocycles. The number of amidine groups is 1. The molecule has 1 aromatic carbocycles. The number of phenolic OH excluding ortho intramolecular Hbond substituents is 1. The summed E-state index contributed by atoms with van der Waals surface area (Å²) in [6.45, 7) is 0. The highest BCUT2D eigenvalue weighted by atomic mass is 16.5. The summed E-state index contributed by atoms with van der Waals surface area (Å²) in [6, 6.07) is 5.21. The van der Waals surface area contributed by atoms with Gasteiger partial charge in [0.15, 0.2) is 5.84 Å². The lowest BCUT2D eigenvalue weighted by atomic mass is 9.72. The van der Waals surface area contributed by atoms with Gasteiger partial charge in [0.25, 0.3) is 0 Å². The van der Waals surface area contributed by atoms with Crippen LogP contribution in [0.1, 0.15) is 30.4 Å². The standard InChI is InChI=1S/C11H12N2O2/c12-10-9-7(3-1-4-8(9)14)11(13(10)15)5-2-6-11/h1,3-4,12,14-15H,2,5-6H2. The van der Waals surface area contributed by atoms with E-state index in [1.54, 1.807) is 12.1 Å². The first-order valence-corrected chi connectivity index (χ1v) is 5.07. The van der Waals surface area contributed by atoms with Crippen LogP contribution in [-0.4, -0.2) is 21.2 Å². The molecule has 15 heavy (non-hydrogen) atoms. The first-order valence-electron chi connectivity index (χ1n) is 5.07. The van der Waals surface area contributed by atoms with Crippen LogP contribution in [0, 0.1) is 5.41 Å². The highest BCUT2D eigenvalue weighted by molar-refractivity contribution is 6.03. The van der Waals surface area contributed by atoms with Crippen molar-refractivity contribution in [2.75, 3.05) is 0 Å². The number of fused-ring (bicyclic) bond motifs is 2. The summed E-state index contributed by atoms with van der Waals surface area (Å²) in [5.41, 5.74) is 0.950. The van der Waals surface area contributed by atoms with Gasteiger partial charge in [0, 0.05) is 0 Å². The summed E-state index contributed by atoms with van der Waals surface area (Å²) in [5.74, 6) is 0.100. The summed E-state index contributed by atoms with van der Waals surface area (Å²) >= 11 is 0. The molecule has 2 aliphatic rings. The Labute approximate surface area is 87.2 Å². The maximum atomic E-state index is 9.91. The van der Waals surface area contributed by atoms with Crippen molar-refractivity contribution >= 4 is 5.84 Å².